The van der Waals surface area contributed by atoms with E-state index in [0.717, 1.165) is 44.7 Å². The van der Waals surface area contributed by atoms with Crippen LogP contribution in [0.5, 0.6) is 11.5 Å². The van der Waals surface area contributed by atoms with E-state index in [0.29, 0.717) is 23.6 Å². The molecule has 2 N–H and O–H groups in total. The number of nitrogens with zero attached hydrogens (tertiary/aromatic N) is 1. The van der Waals surface area contributed by atoms with Crippen molar-refractivity contribution in [2.45, 2.75) is 13.3 Å². The van der Waals surface area contributed by atoms with Crippen LogP contribution in [0.2, 0.25) is 0 Å². The molecule has 0 saturated carbocycles. The van der Waals surface area contributed by atoms with Gasteiger partial charge in [0.2, 0.25) is 0 Å². The van der Waals surface area contributed by atoms with Gasteiger partial charge in [0.05, 0.1) is 14.2 Å². The summed E-state index contributed by atoms with van der Waals surface area (Å²) in [6, 6.07) is 3.56. The maximum absolute atomic E-state index is 12.4. The van der Waals surface area contributed by atoms with E-state index < -0.39 is 0 Å². The van der Waals surface area contributed by atoms with Crippen LogP contribution in [0.3, 0.4) is 0 Å². The summed E-state index contributed by atoms with van der Waals surface area (Å²) in [4.78, 5) is 14.8. The van der Waals surface area contributed by atoms with Crippen molar-refractivity contribution >= 4 is 5.91 Å². The fraction of sp³-hybridized carbons (Fsp3) is 0.588. The minimum atomic E-state index is -0.0660. The number of carbonyl (C=O) groups excluding carboxylic acids is 1. The number of amides is 1. The Morgan fingerprint density at radius 3 is 2.52 bits per heavy atom. The van der Waals surface area contributed by atoms with Gasteiger partial charge < -0.3 is 25.0 Å². The fourth-order valence-electron chi connectivity index (χ4n) is 2.76. The number of hydrogen-bond acceptors (Lipinski definition) is 5. The quantitative estimate of drug-likeness (QED) is 0.735. The lowest BCUT2D eigenvalue weighted by atomic mass is 10.1. The molecule has 1 heterocycles. The summed E-state index contributed by atoms with van der Waals surface area (Å²) < 4.78 is 10.5. The fourth-order valence-corrected chi connectivity index (χ4v) is 2.76. The van der Waals surface area contributed by atoms with Crippen molar-refractivity contribution in [3.8, 4) is 11.5 Å². The van der Waals surface area contributed by atoms with Crippen molar-refractivity contribution in [2.24, 2.45) is 0 Å². The minimum absolute atomic E-state index is 0.0660. The van der Waals surface area contributed by atoms with Gasteiger partial charge >= 0.3 is 0 Å². The lowest BCUT2D eigenvalue weighted by molar-refractivity contribution is 0.0950. The molecule has 1 amide bonds. The number of aryl methyl sites for hydroxylation is 1. The molecule has 1 aliphatic rings. The summed E-state index contributed by atoms with van der Waals surface area (Å²) in [5.41, 5.74) is 1.51. The molecule has 2 rings (SSSR count). The average molecular weight is 321 g/mol. The van der Waals surface area contributed by atoms with Crippen LogP contribution in [0.25, 0.3) is 0 Å². The van der Waals surface area contributed by atoms with E-state index in [1.54, 1.807) is 20.3 Å². The van der Waals surface area contributed by atoms with Gasteiger partial charge in [-0.1, -0.05) is 0 Å². The molecule has 6 heteroatoms. The highest BCUT2D eigenvalue weighted by Crippen LogP contribution is 2.30. The molecule has 0 bridgehead atoms. The summed E-state index contributed by atoms with van der Waals surface area (Å²) in [6.45, 7) is 7.88. The Morgan fingerprint density at radius 1 is 1.22 bits per heavy atom. The third kappa shape index (κ3) is 4.84. The topological polar surface area (TPSA) is 62.8 Å². The van der Waals surface area contributed by atoms with Crippen LogP contribution in [0.15, 0.2) is 12.1 Å². The monoisotopic (exact) mass is 321 g/mol. The maximum Gasteiger partial charge on any atom is 0.251 e. The van der Waals surface area contributed by atoms with Crippen molar-refractivity contribution in [1.29, 1.82) is 0 Å². The van der Waals surface area contributed by atoms with Crippen LogP contribution in [0.1, 0.15) is 22.3 Å². The van der Waals surface area contributed by atoms with Crippen LogP contribution in [-0.2, 0) is 0 Å². The number of ether oxygens (including phenoxy) is 2. The van der Waals surface area contributed by atoms with Gasteiger partial charge in [-0.05, 0) is 37.6 Å². The maximum atomic E-state index is 12.4. The predicted octanol–water partition coefficient (Wildman–Crippen LogP) is 1.04. The number of nitrogens with one attached hydrogen (secondary N) is 2. The minimum Gasteiger partial charge on any atom is -0.493 e. The van der Waals surface area contributed by atoms with Crippen LogP contribution in [0.4, 0.5) is 0 Å². The van der Waals surface area contributed by atoms with Gasteiger partial charge in [0.25, 0.3) is 5.91 Å². The number of carbonyl (C=O) groups is 1. The SMILES string of the molecule is COc1cc(C)c(C(=O)NCCCN2CCNCC2)cc1OC. The largest absolute Gasteiger partial charge is 0.493 e. The van der Waals surface area contributed by atoms with Crippen LogP contribution >= 0.6 is 0 Å². The first-order valence-electron chi connectivity index (χ1n) is 8.09. The van der Waals surface area contributed by atoms with Gasteiger partial charge in [-0.25, -0.2) is 0 Å². The van der Waals surface area contributed by atoms with Crippen LogP contribution in [-0.4, -0.2) is 64.3 Å². The van der Waals surface area contributed by atoms with E-state index in [1.165, 1.54) is 0 Å². The molecule has 0 aromatic heterocycles. The van der Waals surface area contributed by atoms with Gasteiger partial charge in [-0.3, -0.25) is 4.79 Å². The second-order valence-corrected chi connectivity index (χ2v) is 5.72. The van der Waals surface area contributed by atoms with Gasteiger partial charge in [0, 0.05) is 38.3 Å². The van der Waals surface area contributed by atoms with Crippen molar-refractivity contribution in [1.82, 2.24) is 15.5 Å². The molecule has 1 fully saturated rings. The molecule has 0 aliphatic carbocycles. The zero-order valence-electron chi connectivity index (χ0n) is 14.3. The van der Waals surface area contributed by atoms with E-state index in [4.69, 9.17) is 9.47 Å². The molecular formula is C17H27N3O3. The second kappa shape index (κ2) is 8.74. The van der Waals surface area contributed by atoms with E-state index in [2.05, 4.69) is 15.5 Å². The number of methoxy groups -OCH3 is 2. The average Bonchev–Trinajstić information content (AvgIpc) is 2.59. The molecule has 1 aliphatic heterocycles. The highest BCUT2D eigenvalue weighted by molar-refractivity contribution is 5.96. The zero-order chi connectivity index (χ0) is 16.7. The predicted molar refractivity (Wildman–Crippen MR) is 90.5 cm³/mol. The van der Waals surface area contributed by atoms with E-state index in [-0.39, 0.29) is 5.91 Å². The summed E-state index contributed by atoms with van der Waals surface area (Å²) >= 11 is 0. The van der Waals surface area contributed by atoms with Crippen LogP contribution in [0, 0.1) is 6.92 Å². The number of hydrogen-bond donors (Lipinski definition) is 2. The third-order valence-corrected chi connectivity index (χ3v) is 4.12. The highest BCUT2D eigenvalue weighted by atomic mass is 16.5. The molecule has 0 spiro atoms. The van der Waals surface area contributed by atoms with Gasteiger partial charge in [-0.2, -0.15) is 0 Å². The Labute approximate surface area is 138 Å². The molecule has 1 aromatic rings. The molecule has 23 heavy (non-hydrogen) atoms. The Kier molecular flexibility index (Phi) is 6.67. The van der Waals surface area contributed by atoms with Gasteiger partial charge in [0.1, 0.15) is 0 Å². The number of piperazine rings is 1. The summed E-state index contributed by atoms with van der Waals surface area (Å²) in [7, 11) is 3.16. The number of benzene rings is 1. The van der Waals surface area contributed by atoms with Gasteiger partial charge in [-0.15, -0.1) is 0 Å². The Balaban J connectivity index is 1.85. The van der Waals surface area contributed by atoms with Crippen molar-refractivity contribution in [3.05, 3.63) is 23.3 Å². The summed E-state index contributed by atoms with van der Waals surface area (Å²) in [6.07, 6.45) is 0.956. The smallest absolute Gasteiger partial charge is 0.251 e. The van der Waals surface area contributed by atoms with E-state index in [1.807, 2.05) is 13.0 Å². The van der Waals surface area contributed by atoms with Gasteiger partial charge in [0.15, 0.2) is 11.5 Å². The van der Waals surface area contributed by atoms with E-state index in [9.17, 15) is 4.79 Å². The molecule has 0 radical (unpaired) electrons. The lowest BCUT2D eigenvalue weighted by Gasteiger charge is -2.27. The summed E-state index contributed by atoms with van der Waals surface area (Å²) in [5.74, 6) is 1.15. The Bertz CT molecular complexity index is 528. The molecule has 6 nitrogen and oxygen atoms in total. The molecular weight excluding hydrogens is 294 g/mol. The lowest BCUT2D eigenvalue weighted by Crippen LogP contribution is -2.44. The first-order valence-corrected chi connectivity index (χ1v) is 8.09. The number of rotatable bonds is 7. The Hall–Kier alpha value is -1.79. The molecule has 0 unspecified atom stereocenters. The molecule has 0 atom stereocenters. The molecule has 1 aromatic carbocycles. The Morgan fingerprint density at radius 2 is 1.87 bits per heavy atom. The van der Waals surface area contributed by atoms with Crippen molar-refractivity contribution in [3.63, 3.8) is 0 Å². The van der Waals surface area contributed by atoms with Crippen molar-refractivity contribution < 1.29 is 14.3 Å². The van der Waals surface area contributed by atoms with Crippen LogP contribution < -0.4 is 20.1 Å². The third-order valence-electron chi connectivity index (χ3n) is 4.12. The second-order valence-electron chi connectivity index (χ2n) is 5.72. The standard InChI is InChI=1S/C17H27N3O3/c1-13-11-15(22-2)16(23-3)12-14(13)17(21)19-5-4-8-20-9-6-18-7-10-20/h11-12,18H,4-10H2,1-3H3,(H,19,21). The van der Waals surface area contributed by atoms with E-state index >= 15 is 0 Å². The summed E-state index contributed by atoms with van der Waals surface area (Å²) in [5, 5.41) is 6.33. The first-order chi connectivity index (χ1) is 11.2. The molecule has 1 saturated heterocycles. The zero-order valence-corrected chi connectivity index (χ0v) is 14.3. The first kappa shape index (κ1) is 17.6. The normalized spacial score (nSPS) is 15.3. The molecule has 128 valence electrons. The highest BCUT2D eigenvalue weighted by Gasteiger charge is 2.14. The van der Waals surface area contributed by atoms with Crippen molar-refractivity contribution in [2.75, 3.05) is 53.5 Å².